The molecule has 4 saturated heterocycles. The van der Waals surface area contributed by atoms with Crippen molar-refractivity contribution < 1.29 is 88.3 Å². The van der Waals surface area contributed by atoms with Gasteiger partial charge >= 0.3 is 0 Å². The van der Waals surface area contributed by atoms with Crippen LogP contribution in [-0.2, 0) is 47.4 Å². The fourth-order valence-electron chi connectivity index (χ4n) is 7.10. The van der Waals surface area contributed by atoms with Crippen molar-refractivity contribution in [1.82, 2.24) is 10.6 Å². The first-order valence-electron chi connectivity index (χ1n) is 18.9. The predicted molar refractivity (Wildman–Crippen MR) is 187 cm³/mol. The highest BCUT2D eigenvalue weighted by atomic mass is 16.8. The molecule has 0 spiro atoms. The quantitative estimate of drug-likeness (QED) is 0.0673. The molecule has 20 heteroatoms. The maximum absolute atomic E-state index is 12.6. The fraction of sp³-hybridized carbons (Fsp3) is 0.971. The highest BCUT2D eigenvalue weighted by Crippen LogP contribution is 2.35. The van der Waals surface area contributed by atoms with Gasteiger partial charge < -0.3 is 94.1 Å². The van der Waals surface area contributed by atoms with Gasteiger partial charge in [0.25, 0.3) is 0 Å². The molecule has 0 bridgehead atoms. The molecular weight excluding hydrogens is 736 g/mol. The van der Waals surface area contributed by atoms with Crippen molar-refractivity contribution >= 4 is 5.91 Å². The van der Waals surface area contributed by atoms with E-state index in [1.807, 2.05) is 7.05 Å². The second kappa shape index (κ2) is 20.1. The second-order valence-electron chi connectivity index (χ2n) is 15.5. The van der Waals surface area contributed by atoms with Gasteiger partial charge in [0.15, 0.2) is 25.2 Å². The van der Waals surface area contributed by atoms with E-state index < -0.39 is 134 Å². The molecule has 0 radical (unpaired) electrons. The molecule has 0 saturated carbocycles. The van der Waals surface area contributed by atoms with Crippen LogP contribution in [0.25, 0.3) is 0 Å². The highest BCUT2D eigenvalue weighted by molar-refractivity contribution is 5.77. The molecule has 0 aromatic heterocycles. The van der Waals surface area contributed by atoms with Crippen molar-refractivity contribution in [2.24, 2.45) is 0 Å². The molecule has 4 heterocycles. The number of ether oxygens (including phenoxy) is 9. The van der Waals surface area contributed by atoms with E-state index in [0.717, 1.165) is 13.0 Å². The average molecular weight is 801 g/mol. The minimum Gasteiger partial charge on any atom is -0.390 e. The number of aliphatic hydroxyl groups is 8. The zero-order valence-electron chi connectivity index (χ0n) is 32.7. The number of unbranched alkanes of at least 4 members (excludes halogenated alkanes) is 1. The summed E-state index contributed by atoms with van der Waals surface area (Å²) < 4.78 is 52.7. The van der Waals surface area contributed by atoms with Crippen molar-refractivity contribution in [2.75, 3.05) is 27.3 Å². The molecule has 322 valence electrons. The number of carbonyl (C=O) groups is 1. The van der Waals surface area contributed by atoms with Gasteiger partial charge in [-0.25, -0.2) is 0 Å². The first-order valence-corrected chi connectivity index (χ1v) is 18.9. The van der Waals surface area contributed by atoms with E-state index in [1.165, 1.54) is 34.8 Å². The number of nitrogens with one attached hydrogen (secondary N) is 2. The third-order valence-corrected chi connectivity index (χ3v) is 10.3. The lowest BCUT2D eigenvalue weighted by atomic mass is 9.94. The van der Waals surface area contributed by atoms with Crippen molar-refractivity contribution in [3.8, 4) is 0 Å². The predicted octanol–water partition coefficient (Wildman–Crippen LogP) is -3.68. The molecule has 10 N–H and O–H groups in total. The van der Waals surface area contributed by atoms with Gasteiger partial charge in [0.05, 0.1) is 42.5 Å². The van der Waals surface area contributed by atoms with Crippen molar-refractivity contribution in [3.63, 3.8) is 0 Å². The van der Waals surface area contributed by atoms with Crippen LogP contribution in [0, 0.1) is 0 Å². The van der Waals surface area contributed by atoms with Gasteiger partial charge in [0.2, 0.25) is 5.91 Å². The summed E-state index contributed by atoms with van der Waals surface area (Å²) in [7, 11) is 3.10. The number of amides is 1. The van der Waals surface area contributed by atoms with Gasteiger partial charge in [-0.3, -0.25) is 4.79 Å². The number of aliphatic hydroxyl groups excluding tert-OH is 7. The van der Waals surface area contributed by atoms with E-state index in [-0.39, 0.29) is 13.0 Å². The summed E-state index contributed by atoms with van der Waals surface area (Å²) in [5, 5.41) is 93.6. The number of rotatable bonds is 16. The third kappa shape index (κ3) is 11.5. The molecule has 55 heavy (non-hydrogen) atoms. The topological polar surface area (TPSA) is 286 Å². The van der Waals surface area contributed by atoms with Crippen LogP contribution in [0.15, 0.2) is 0 Å². The summed E-state index contributed by atoms with van der Waals surface area (Å²) >= 11 is 0. The summed E-state index contributed by atoms with van der Waals surface area (Å²) in [6.45, 7) is 10.0. The van der Waals surface area contributed by atoms with Crippen LogP contribution in [-0.4, -0.2) is 202 Å². The zero-order chi connectivity index (χ0) is 40.9. The van der Waals surface area contributed by atoms with Gasteiger partial charge in [-0.1, -0.05) is 0 Å². The Morgan fingerprint density at radius 3 is 1.64 bits per heavy atom. The molecule has 20 nitrogen and oxygen atoms in total. The van der Waals surface area contributed by atoms with E-state index in [0.29, 0.717) is 6.42 Å². The summed E-state index contributed by atoms with van der Waals surface area (Å²) in [4.78, 5) is 12.6. The molecule has 0 aromatic rings. The Kier molecular flexibility index (Phi) is 17.0. The van der Waals surface area contributed by atoms with Crippen LogP contribution in [0.3, 0.4) is 0 Å². The number of methoxy groups -OCH3 is 1. The maximum atomic E-state index is 12.6. The number of hydrogen-bond donors (Lipinski definition) is 10. The lowest BCUT2D eigenvalue weighted by Crippen LogP contribution is -2.67. The Morgan fingerprint density at radius 2 is 1.11 bits per heavy atom. The average Bonchev–Trinajstić information content (AvgIpc) is 3.10. The number of hydrogen-bond acceptors (Lipinski definition) is 19. The minimum absolute atomic E-state index is 0.242. The molecule has 8 unspecified atom stereocenters. The van der Waals surface area contributed by atoms with Gasteiger partial charge in [-0.2, -0.15) is 0 Å². The normalized spacial score (nSPS) is 45.7. The molecular formula is C35H64N2O18. The first-order chi connectivity index (χ1) is 25.8. The van der Waals surface area contributed by atoms with Gasteiger partial charge in [0.1, 0.15) is 67.1 Å². The smallest absolute Gasteiger partial charge is 0.223 e. The summed E-state index contributed by atoms with van der Waals surface area (Å²) in [6, 6.07) is -0.967. The fourth-order valence-corrected chi connectivity index (χ4v) is 7.10. The molecule has 0 aliphatic carbocycles. The van der Waals surface area contributed by atoms with Crippen molar-refractivity contribution in [3.05, 3.63) is 0 Å². The summed E-state index contributed by atoms with van der Waals surface area (Å²) in [6.07, 6.45) is -24.5. The molecule has 20 atom stereocenters. The zero-order valence-corrected chi connectivity index (χ0v) is 32.7. The van der Waals surface area contributed by atoms with E-state index in [9.17, 15) is 45.6 Å². The molecule has 4 aliphatic rings. The van der Waals surface area contributed by atoms with E-state index in [2.05, 4.69) is 10.6 Å². The van der Waals surface area contributed by atoms with Gasteiger partial charge in [0, 0.05) is 13.7 Å². The van der Waals surface area contributed by atoms with Gasteiger partial charge in [-0.15, -0.1) is 0 Å². The molecule has 4 fully saturated rings. The first kappa shape index (κ1) is 46.4. The lowest BCUT2D eigenvalue weighted by Gasteiger charge is -2.49. The number of carbonyl (C=O) groups excluding carboxylic acids is 1. The van der Waals surface area contributed by atoms with Crippen LogP contribution in [0.4, 0.5) is 0 Å². The van der Waals surface area contributed by atoms with Crippen LogP contribution in [0.1, 0.15) is 60.8 Å². The van der Waals surface area contributed by atoms with Gasteiger partial charge in [-0.05, 0) is 68.0 Å². The van der Waals surface area contributed by atoms with Crippen LogP contribution in [0.5, 0.6) is 0 Å². The largest absolute Gasteiger partial charge is 0.390 e. The Hall–Kier alpha value is -1.25. The Morgan fingerprint density at radius 1 is 0.618 bits per heavy atom. The molecule has 4 rings (SSSR count). The standard InChI is InChI=1S/C35H64N2O18/c1-14-19(37-18(38)13-35(5,6)46)23(42)29(47-8)34(49-14)54-28-22(41)17(4)50-31(26(28)45)53-27-21(40)16(3)51-32(25(27)44)55-30-24(43)20(39)15(2)52-33(30)48-12-10-9-11-36-7/h14-17,19-34,36,39-46H,9-13H2,1-8H3,(H,37,38)/t14?,15?,16?,17?,19-,20-,21-,22-,23-,24+,25?,26?,27+,28+,29?,30?,31-,32-,33+,34-/m0/s1. The molecule has 0 aromatic carbocycles. The Bertz CT molecular complexity index is 1180. The van der Waals surface area contributed by atoms with Crippen LogP contribution < -0.4 is 10.6 Å². The van der Waals surface area contributed by atoms with E-state index >= 15 is 0 Å². The van der Waals surface area contributed by atoms with Crippen molar-refractivity contribution in [2.45, 2.75) is 189 Å². The summed E-state index contributed by atoms with van der Waals surface area (Å²) in [5.74, 6) is -0.538. The Balaban J connectivity index is 1.46. The van der Waals surface area contributed by atoms with Crippen LogP contribution in [0.2, 0.25) is 0 Å². The molecule has 1 amide bonds. The molecule has 4 aliphatic heterocycles. The maximum Gasteiger partial charge on any atom is 0.223 e. The van der Waals surface area contributed by atoms with E-state index in [4.69, 9.17) is 42.6 Å². The lowest BCUT2D eigenvalue weighted by molar-refractivity contribution is -0.387. The monoisotopic (exact) mass is 800 g/mol. The Labute approximate surface area is 321 Å². The minimum atomic E-state index is -1.77. The van der Waals surface area contributed by atoms with E-state index in [1.54, 1.807) is 13.8 Å². The SMILES string of the molecule is CNCCCCO[C@@H]1OC(C)[C@H](O)[C@@H](O)C1O[C@@H]1OC(C)[C@H](O)[C@@H](O[C@@H]2OC(C)[C@H](O)[C@@H](O[C@@H]3OC(C)[C@H](NC(=O)CC(C)(C)O)[C@H](O)C3OC)C2O)C1O. The van der Waals surface area contributed by atoms with Crippen molar-refractivity contribution in [1.29, 1.82) is 0 Å². The summed E-state index contributed by atoms with van der Waals surface area (Å²) in [5.41, 5.74) is -1.30. The highest BCUT2D eigenvalue weighted by Gasteiger charge is 2.54. The van der Waals surface area contributed by atoms with Crippen LogP contribution >= 0.6 is 0 Å². The second-order valence-corrected chi connectivity index (χ2v) is 15.5. The third-order valence-electron chi connectivity index (χ3n) is 10.3.